The predicted molar refractivity (Wildman–Crippen MR) is 190 cm³/mol. The van der Waals surface area contributed by atoms with E-state index in [1.54, 1.807) is 0 Å². The number of para-hydroxylation sites is 3. The van der Waals surface area contributed by atoms with Gasteiger partial charge in [0.2, 0.25) is 0 Å². The van der Waals surface area contributed by atoms with E-state index in [4.69, 9.17) is 0 Å². The van der Waals surface area contributed by atoms with Gasteiger partial charge in [0, 0.05) is 16.5 Å². The molecule has 0 saturated carbocycles. The van der Waals surface area contributed by atoms with E-state index < -0.39 is 8.07 Å². The van der Waals surface area contributed by atoms with E-state index in [-0.39, 0.29) is 0 Å². The Morgan fingerprint density at radius 1 is 0.341 bits per heavy atom. The van der Waals surface area contributed by atoms with E-state index >= 15 is 0 Å². The highest BCUT2D eigenvalue weighted by molar-refractivity contribution is 7.20. The zero-order chi connectivity index (χ0) is 29.3. The standard InChI is InChI=1S/C42H31NSi/c1-5-16-32(17-6-1)33-28-30-37(31-29-33)44(35-20-9-3-10-21-35,36-22-11-4-12-23-36)41-27-15-25-39-38-24-13-14-26-40(38)43(42(39)41)34-18-7-2-8-19-34/h1-31H. The average Bonchev–Trinajstić information content (AvgIpc) is 3.46. The molecule has 0 unspecified atom stereocenters. The van der Waals surface area contributed by atoms with Crippen LogP contribution < -0.4 is 20.7 Å². The lowest BCUT2D eigenvalue weighted by Gasteiger charge is -2.35. The fourth-order valence-corrected chi connectivity index (χ4v) is 12.0. The molecule has 0 atom stereocenters. The second kappa shape index (κ2) is 11.0. The first-order chi connectivity index (χ1) is 21.9. The summed E-state index contributed by atoms with van der Waals surface area (Å²) in [6.07, 6.45) is 0. The van der Waals surface area contributed by atoms with Gasteiger partial charge in [-0.05, 0) is 50.1 Å². The largest absolute Gasteiger partial charge is 0.309 e. The van der Waals surface area contributed by atoms with Crippen LogP contribution in [0.25, 0.3) is 38.6 Å². The van der Waals surface area contributed by atoms with Crippen molar-refractivity contribution in [2.45, 2.75) is 0 Å². The second-order valence-electron chi connectivity index (χ2n) is 11.3. The summed E-state index contributed by atoms with van der Waals surface area (Å²) in [6.45, 7) is 0. The number of rotatable bonds is 6. The van der Waals surface area contributed by atoms with Crippen LogP contribution in [0.4, 0.5) is 0 Å². The number of hydrogen-bond acceptors (Lipinski definition) is 0. The summed E-state index contributed by atoms with van der Waals surface area (Å²) >= 11 is 0. The van der Waals surface area contributed by atoms with Crippen molar-refractivity contribution in [3.05, 3.63) is 188 Å². The summed E-state index contributed by atoms with van der Waals surface area (Å²) in [7, 11) is -2.84. The number of benzene rings is 7. The van der Waals surface area contributed by atoms with Crippen molar-refractivity contribution in [3.8, 4) is 16.8 Å². The zero-order valence-electron chi connectivity index (χ0n) is 24.3. The summed E-state index contributed by atoms with van der Waals surface area (Å²) in [4.78, 5) is 0. The van der Waals surface area contributed by atoms with Crippen LogP contribution in [0.1, 0.15) is 0 Å². The van der Waals surface area contributed by atoms with E-state index in [9.17, 15) is 0 Å². The Bertz CT molecular complexity index is 2150. The van der Waals surface area contributed by atoms with Crippen LogP contribution in [0.5, 0.6) is 0 Å². The summed E-state index contributed by atoms with van der Waals surface area (Å²) in [5.74, 6) is 0. The molecule has 8 aromatic rings. The quantitative estimate of drug-likeness (QED) is 0.140. The van der Waals surface area contributed by atoms with Gasteiger partial charge in [0.05, 0.1) is 11.0 Å². The molecule has 0 aliphatic carbocycles. The molecule has 8 rings (SSSR count). The normalized spacial score (nSPS) is 11.6. The molecule has 0 radical (unpaired) electrons. The topological polar surface area (TPSA) is 4.93 Å². The molecule has 7 aromatic carbocycles. The Labute approximate surface area is 259 Å². The third kappa shape index (κ3) is 4.15. The van der Waals surface area contributed by atoms with Crippen molar-refractivity contribution in [1.82, 2.24) is 4.57 Å². The molecule has 0 aliphatic rings. The van der Waals surface area contributed by atoms with Gasteiger partial charge in [0.15, 0.2) is 8.07 Å². The molecule has 1 nitrogen and oxygen atoms in total. The van der Waals surface area contributed by atoms with Crippen LogP contribution >= 0.6 is 0 Å². The molecule has 0 amide bonds. The molecule has 0 aliphatic heterocycles. The lowest BCUT2D eigenvalue weighted by atomic mass is 10.1. The van der Waals surface area contributed by atoms with Gasteiger partial charge >= 0.3 is 0 Å². The molecule has 0 fully saturated rings. The monoisotopic (exact) mass is 577 g/mol. The highest BCUT2D eigenvalue weighted by Crippen LogP contribution is 2.32. The third-order valence-electron chi connectivity index (χ3n) is 8.95. The van der Waals surface area contributed by atoms with Crippen LogP contribution in [-0.2, 0) is 0 Å². The molecule has 2 heteroatoms. The Morgan fingerprint density at radius 2 is 0.818 bits per heavy atom. The van der Waals surface area contributed by atoms with Gasteiger partial charge in [0.1, 0.15) is 0 Å². The lowest BCUT2D eigenvalue weighted by Crippen LogP contribution is -2.75. The molecule has 0 saturated heterocycles. The maximum absolute atomic E-state index is 2.84. The van der Waals surface area contributed by atoms with Gasteiger partial charge in [-0.3, -0.25) is 0 Å². The Hall–Kier alpha value is -5.44. The van der Waals surface area contributed by atoms with Crippen LogP contribution in [0.2, 0.25) is 0 Å². The lowest BCUT2D eigenvalue weighted by molar-refractivity contribution is 1.18. The average molecular weight is 578 g/mol. The van der Waals surface area contributed by atoms with Crippen molar-refractivity contribution in [2.24, 2.45) is 0 Å². The maximum Gasteiger partial charge on any atom is 0.181 e. The summed E-state index contributed by atoms with van der Waals surface area (Å²) in [6, 6.07) is 69.2. The first kappa shape index (κ1) is 26.2. The fraction of sp³-hybridized carbons (Fsp3) is 0. The molecular formula is C42H31NSi. The molecule has 0 N–H and O–H groups in total. The van der Waals surface area contributed by atoms with E-state index in [2.05, 4.69) is 193 Å². The summed E-state index contributed by atoms with van der Waals surface area (Å²) < 4.78 is 2.49. The van der Waals surface area contributed by atoms with Crippen LogP contribution in [0.15, 0.2) is 188 Å². The first-order valence-corrected chi connectivity index (χ1v) is 17.2. The molecule has 1 heterocycles. The van der Waals surface area contributed by atoms with E-state index in [0.717, 1.165) is 0 Å². The third-order valence-corrected chi connectivity index (χ3v) is 13.8. The maximum atomic E-state index is 2.49. The summed E-state index contributed by atoms with van der Waals surface area (Å²) in [5, 5.41) is 8.06. The molecule has 1 aromatic heterocycles. The minimum atomic E-state index is -2.84. The molecule has 208 valence electrons. The Balaban J connectivity index is 1.53. The molecule has 0 spiro atoms. The SMILES string of the molecule is c1ccc(-c2ccc([Si](c3ccccc3)(c3ccccc3)c3cccc4c5ccccc5n(-c5ccccc5)c34)cc2)cc1. The van der Waals surface area contributed by atoms with Crippen LogP contribution in [-0.4, -0.2) is 12.6 Å². The Kier molecular flexibility index (Phi) is 6.55. The van der Waals surface area contributed by atoms with Crippen molar-refractivity contribution in [3.63, 3.8) is 0 Å². The summed E-state index contributed by atoms with van der Waals surface area (Å²) in [5.41, 5.74) is 6.15. The molecule has 44 heavy (non-hydrogen) atoms. The number of fused-ring (bicyclic) bond motifs is 3. The zero-order valence-corrected chi connectivity index (χ0v) is 25.3. The van der Waals surface area contributed by atoms with E-state index in [1.807, 2.05) is 0 Å². The van der Waals surface area contributed by atoms with Crippen molar-refractivity contribution in [2.75, 3.05) is 0 Å². The highest BCUT2D eigenvalue weighted by atomic mass is 28.3. The minimum absolute atomic E-state index is 1.18. The van der Waals surface area contributed by atoms with Crippen LogP contribution in [0.3, 0.4) is 0 Å². The van der Waals surface area contributed by atoms with Gasteiger partial charge in [-0.2, -0.15) is 0 Å². The molecule has 0 bridgehead atoms. The highest BCUT2D eigenvalue weighted by Gasteiger charge is 2.43. The smallest absolute Gasteiger partial charge is 0.181 e. The number of hydrogen-bond donors (Lipinski definition) is 0. The number of nitrogens with zero attached hydrogens (tertiary/aromatic N) is 1. The van der Waals surface area contributed by atoms with Gasteiger partial charge < -0.3 is 4.57 Å². The van der Waals surface area contributed by atoms with Crippen molar-refractivity contribution >= 4 is 50.6 Å². The van der Waals surface area contributed by atoms with Crippen LogP contribution in [0, 0.1) is 0 Å². The predicted octanol–water partition coefficient (Wildman–Crippen LogP) is 7.83. The molecular weight excluding hydrogens is 547 g/mol. The minimum Gasteiger partial charge on any atom is -0.309 e. The van der Waals surface area contributed by atoms with Crippen molar-refractivity contribution < 1.29 is 0 Å². The first-order valence-electron chi connectivity index (χ1n) is 15.2. The number of aromatic nitrogens is 1. The Morgan fingerprint density at radius 3 is 1.45 bits per heavy atom. The van der Waals surface area contributed by atoms with E-state index in [1.165, 1.54) is 59.4 Å². The second-order valence-corrected chi connectivity index (χ2v) is 15.1. The van der Waals surface area contributed by atoms with Crippen molar-refractivity contribution in [1.29, 1.82) is 0 Å². The van der Waals surface area contributed by atoms with Gasteiger partial charge in [-0.15, -0.1) is 0 Å². The van der Waals surface area contributed by atoms with Gasteiger partial charge in [-0.25, -0.2) is 0 Å². The fourth-order valence-electron chi connectivity index (χ4n) is 7.05. The van der Waals surface area contributed by atoms with Gasteiger partial charge in [-0.1, -0.05) is 170 Å². The van der Waals surface area contributed by atoms with E-state index in [0.29, 0.717) is 0 Å². The van der Waals surface area contributed by atoms with Gasteiger partial charge in [0.25, 0.3) is 0 Å².